The third-order valence-electron chi connectivity index (χ3n) is 3.67. The van der Waals surface area contributed by atoms with Crippen LogP contribution in [0.5, 0.6) is 5.75 Å². The molecule has 1 N–H and O–H groups in total. The lowest BCUT2D eigenvalue weighted by Crippen LogP contribution is -2.13. The average molecular weight is 430 g/mol. The fraction of sp³-hybridized carbons (Fsp3) is 0.111. The number of anilines is 1. The van der Waals surface area contributed by atoms with E-state index in [1.54, 1.807) is 6.07 Å². The molecule has 0 aliphatic heterocycles. The van der Waals surface area contributed by atoms with Crippen molar-refractivity contribution in [1.29, 1.82) is 0 Å². The zero-order valence-electron chi connectivity index (χ0n) is 14.0. The molecule has 0 atom stereocenters. The van der Waals surface area contributed by atoms with Gasteiger partial charge in [-0.2, -0.15) is 13.9 Å². The van der Waals surface area contributed by atoms with Gasteiger partial charge in [-0.1, -0.05) is 29.3 Å². The summed E-state index contributed by atoms with van der Waals surface area (Å²) < 4.78 is 43.8. The zero-order chi connectivity index (χ0) is 20.3. The number of nitrogens with one attached hydrogen (secondary N) is 1. The fourth-order valence-electron chi connectivity index (χ4n) is 2.38. The number of alkyl halides is 2. The first-order valence-corrected chi connectivity index (χ1v) is 8.61. The van der Waals surface area contributed by atoms with E-state index in [9.17, 15) is 18.0 Å². The molecule has 0 aliphatic rings. The Labute approximate surface area is 167 Å². The topological polar surface area (TPSA) is 56.2 Å². The van der Waals surface area contributed by atoms with Crippen LogP contribution in [0.25, 0.3) is 0 Å². The Morgan fingerprint density at radius 2 is 1.86 bits per heavy atom. The summed E-state index contributed by atoms with van der Waals surface area (Å²) in [5.41, 5.74) is 0.417. The van der Waals surface area contributed by atoms with Crippen LogP contribution < -0.4 is 10.1 Å². The third kappa shape index (κ3) is 4.76. The van der Waals surface area contributed by atoms with E-state index in [1.807, 2.05) is 0 Å². The molecule has 28 heavy (non-hydrogen) atoms. The van der Waals surface area contributed by atoms with Crippen molar-refractivity contribution < 1.29 is 22.7 Å². The highest BCUT2D eigenvalue weighted by atomic mass is 35.5. The van der Waals surface area contributed by atoms with Crippen LogP contribution in [-0.4, -0.2) is 22.3 Å². The highest BCUT2D eigenvalue weighted by molar-refractivity contribution is 6.33. The van der Waals surface area contributed by atoms with E-state index >= 15 is 0 Å². The number of hydrogen-bond donors (Lipinski definition) is 1. The SMILES string of the molecule is O=C(Nc1nn(Cc2c(F)cccc2Cl)cc1Cl)c1ccc(OC(F)F)cc1. The molecular weight excluding hydrogens is 418 g/mol. The van der Waals surface area contributed by atoms with Gasteiger partial charge in [0.1, 0.15) is 16.6 Å². The maximum absolute atomic E-state index is 13.9. The van der Waals surface area contributed by atoms with Gasteiger partial charge in [0.05, 0.1) is 6.54 Å². The first-order chi connectivity index (χ1) is 13.3. The van der Waals surface area contributed by atoms with Gasteiger partial charge in [0.15, 0.2) is 5.82 Å². The van der Waals surface area contributed by atoms with Gasteiger partial charge in [-0.05, 0) is 36.4 Å². The Balaban J connectivity index is 1.72. The normalized spacial score (nSPS) is 10.9. The van der Waals surface area contributed by atoms with E-state index < -0.39 is 18.3 Å². The van der Waals surface area contributed by atoms with Crippen LogP contribution >= 0.6 is 23.2 Å². The molecule has 3 aromatic rings. The number of halogens is 5. The minimum atomic E-state index is -2.95. The molecule has 1 aromatic heterocycles. The second kappa shape index (κ2) is 8.53. The van der Waals surface area contributed by atoms with E-state index in [0.717, 1.165) is 0 Å². The van der Waals surface area contributed by atoms with Crippen molar-refractivity contribution >= 4 is 34.9 Å². The summed E-state index contributed by atoms with van der Waals surface area (Å²) in [7, 11) is 0. The summed E-state index contributed by atoms with van der Waals surface area (Å²) in [4.78, 5) is 12.3. The number of carbonyl (C=O) groups is 1. The molecule has 146 valence electrons. The minimum Gasteiger partial charge on any atom is -0.435 e. The summed E-state index contributed by atoms with van der Waals surface area (Å²) in [5.74, 6) is -1.06. The number of benzene rings is 2. The van der Waals surface area contributed by atoms with E-state index in [1.165, 1.54) is 47.3 Å². The monoisotopic (exact) mass is 429 g/mol. The molecule has 0 unspecified atom stereocenters. The van der Waals surface area contributed by atoms with Gasteiger partial charge >= 0.3 is 6.61 Å². The van der Waals surface area contributed by atoms with Crippen LogP contribution in [0.3, 0.4) is 0 Å². The lowest BCUT2D eigenvalue weighted by molar-refractivity contribution is -0.0498. The molecular formula is C18H12Cl2F3N3O2. The summed E-state index contributed by atoms with van der Waals surface area (Å²) in [6, 6.07) is 9.42. The number of nitrogens with zero attached hydrogens (tertiary/aromatic N) is 2. The van der Waals surface area contributed by atoms with Crippen LogP contribution in [0.2, 0.25) is 10.0 Å². The fourth-order valence-corrected chi connectivity index (χ4v) is 2.80. The van der Waals surface area contributed by atoms with E-state index in [-0.39, 0.29) is 39.3 Å². The van der Waals surface area contributed by atoms with Gasteiger partial charge in [0.2, 0.25) is 0 Å². The second-order valence-electron chi connectivity index (χ2n) is 5.58. The molecule has 0 aliphatic carbocycles. The Hall–Kier alpha value is -2.71. The van der Waals surface area contributed by atoms with Crippen molar-refractivity contribution in [3.05, 3.63) is 75.7 Å². The van der Waals surface area contributed by atoms with Gasteiger partial charge in [-0.25, -0.2) is 4.39 Å². The smallest absolute Gasteiger partial charge is 0.387 e. The van der Waals surface area contributed by atoms with Crippen LogP contribution in [0.4, 0.5) is 19.0 Å². The van der Waals surface area contributed by atoms with Crippen molar-refractivity contribution in [3.8, 4) is 5.75 Å². The Morgan fingerprint density at radius 3 is 2.50 bits per heavy atom. The van der Waals surface area contributed by atoms with E-state index in [0.29, 0.717) is 0 Å². The molecule has 0 fully saturated rings. The highest BCUT2D eigenvalue weighted by Crippen LogP contribution is 2.24. The molecule has 10 heteroatoms. The van der Waals surface area contributed by atoms with E-state index in [4.69, 9.17) is 23.2 Å². The van der Waals surface area contributed by atoms with Crippen LogP contribution in [0.15, 0.2) is 48.7 Å². The van der Waals surface area contributed by atoms with Crippen molar-refractivity contribution in [1.82, 2.24) is 9.78 Å². The number of amides is 1. The first-order valence-electron chi connectivity index (χ1n) is 7.85. The third-order valence-corrected chi connectivity index (χ3v) is 4.30. The standard InChI is InChI=1S/C18H12Cl2F3N3O2/c19-13-2-1-3-15(21)12(13)8-26-9-14(20)16(25-26)24-17(27)10-4-6-11(7-5-10)28-18(22)23/h1-7,9,18H,8H2,(H,24,25,27). The largest absolute Gasteiger partial charge is 0.435 e. The maximum Gasteiger partial charge on any atom is 0.387 e. The maximum atomic E-state index is 13.9. The number of aromatic nitrogens is 2. The Kier molecular flexibility index (Phi) is 6.11. The van der Waals surface area contributed by atoms with Crippen molar-refractivity contribution in [2.75, 3.05) is 5.32 Å². The molecule has 1 amide bonds. The Morgan fingerprint density at radius 1 is 1.14 bits per heavy atom. The molecule has 5 nitrogen and oxygen atoms in total. The lowest BCUT2D eigenvalue weighted by Gasteiger charge is -2.07. The van der Waals surface area contributed by atoms with E-state index in [2.05, 4.69) is 15.2 Å². The van der Waals surface area contributed by atoms with Gasteiger partial charge < -0.3 is 10.1 Å². The van der Waals surface area contributed by atoms with Crippen LogP contribution in [0, 0.1) is 5.82 Å². The Bertz CT molecular complexity index is 974. The van der Waals surface area contributed by atoms with Crippen molar-refractivity contribution in [3.63, 3.8) is 0 Å². The quantitative estimate of drug-likeness (QED) is 0.583. The van der Waals surface area contributed by atoms with Gasteiger partial charge in [-0.15, -0.1) is 0 Å². The van der Waals surface area contributed by atoms with Crippen molar-refractivity contribution in [2.45, 2.75) is 13.2 Å². The predicted octanol–water partition coefficient (Wildman–Crippen LogP) is 5.23. The van der Waals surface area contributed by atoms with Gasteiger partial charge in [0, 0.05) is 22.3 Å². The number of hydrogen-bond acceptors (Lipinski definition) is 3. The minimum absolute atomic E-state index is 0.0146. The molecule has 0 radical (unpaired) electrons. The van der Waals surface area contributed by atoms with Gasteiger partial charge in [0.25, 0.3) is 5.91 Å². The molecule has 0 saturated carbocycles. The molecule has 2 aromatic carbocycles. The molecule has 3 rings (SSSR count). The molecule has 0 bridgehead atoms. The van der Waals surface area contributed by atoms with Crippen LogP contribution in [-0.2, 0) is 6.54 Å². The summed E-state index contributed by atoms with van der Waals surface area (Å²) in [5, 5.41) is 6.99. The van der Waals surface area contributed by atoms with Crippen LogP contribution in [0.1, 0.15) is 15.9 Å². The predicted molar refractivity (Wildman–Crippen MR) is 98.8 cm³/mol. The highest BCUT2D eigenvalue weighted by Gasteiger charge is 2.15. The number of ether oxygens (including phenoxy) is 1. The average Bonchev–Trinajstić information content (AvgIpc) is 2.97. The molecule has 1 heterocycles. The zero-order valence-corrected chi connectivity index (χ0v) is 15.5. The first kappa shape index (κ1) is 20.0. The van der Waals surface area contributed by atoms with Gasteiger partial charge in [-0.3, -0.25) is 9.48 Å². The number of carbonyl (C=O) groups excluding carboxylic acids is 1. The lowest BCUT2D eigenvalue weighted by atomic mass is 10.2. The summed E-state index contributed by atoms with van der Waals surface area (Å²) >= 11 is 12.1. The molecule has 0 spiro atoms. The van der Waals surface area contributed by atoms with Crippen molar-refractivity contribution in [2.24, 2.45) is 0 Å². The number of rotatable bonds is 6. The summed E-state index contributed by atoms with van der Waals surface area (Å²) in [6.45, 7) is -2.94. The summed E-state index contributed by atoms with van der Waals surface area (Å²) in [6.07, 6.45) is 1.42. The molecule has 0 saturated heterocycles. The second-order valence-corrected chi connectivity index (χ2v) is 6.39.